The van der Waals surface area contributed by atoms with Crippen LogP contribution in [0.2, 0.25) is 0 Å². The molecule has 1 fully saturated rings. The number of hydrogen-bond donors (Lipinski definition) is 0. The van der Waals surface area contributed by atoms with Crippen LogP contribution in [0.15, 0.2) is 41.0 Å². The number of rotatable bonds is 3. The first-order chi connectivity index (χ1) is 11.7. The first-order valence-corrected chi connectivity index (χ1v) is 7.80. The minimum atomic E-state index is -0.0255. The standard InChI is InChI=1S/C18H18N4O2/c1-14-2-3-16(24-14)4-5-18(23)22-10-8-21(9-11-22)17-12-15(13-19)6-7-20-17/h2-7,12H,8-11H2,1H3. The van der Waals surface area contributed by atoms with E-state index in [0.717, 1.165) is 11.6 Å². The van der Waals surface area contributed by atoms with Crippen LogP contribution < -0.4 is 4.90 Å². The number of anilines is 1. The van der Waals surface area contributed by atoms with Gasteiger partial charge in [-0.15, -0.1) is 0 Å². The Bertz CT molecular complexity index is 795. The highest BCUT2D eigenvalue weighted by Crippen LogP contribution is 2.15. The van der Waals surface area contributed by atoms with Gasteiger partial charge in [0, 0.05) is 38.5 Å². The third kappa shape index (κ3) is 3.63. The topological polar surface area (TPSA) is 73.4 Å². The molecular weight excluding hydrogens is 304 g/mol. The Kier molecular flexibility index (Phi) is 4.62. The molecule has 0 aromatic carbocycles. The van der Waals surface area contributed by atoms with Crippen molar-refractivity contribution in [3.05, 3.63) is 53.6 Å². The van der Waals surface area contributed by atoms with E-state index in [1.807, 2.05) is 19.1 Å². The second kappa shape index (κ2) is 7.01. The molecule has 0 bridgehead atoms. The maximum Gasteiger partial charge on any atom is 0.246 e. The zero-order valence-electron chi connectivity index (χ0n) is 13.5. The van der Waals surface area contributed by atoms with Gasteiger partial charge >= 0.3 is 0 Å². The summed E-state index contributed by atoms with van der Waals surface area (Å²) in [6.07, 6.45) is 4.88. The zero-order valence-corrected chi connectivity index (χ0v) is 13.5. The molecule has 3 rings (SSSR count). The van der Waals surface area contributed by atoms with E-state index in [-0.39, 0.29) is 5.91 Å². The van der Waals surface area contributed by atoms with Gasteiger partial charge in [0.15, 0.2) is 0 Å². The molecule has 0 atom stereocenters. The lowest BCUT2D eigenvalue weighted by atomic mass is 10.2. The Morgan fingerprint density at radius 3 is 2.75 bits per heavy atom. The van der Waals surface area contributed by atoms with Crippen molar-refractivity contribution in [1.29, 1.82) is 5.26 Å². The van der Waals surface area contributed by atoms with E-state index in [1.165, 1.54) is 0 Å². The minimum absolute atomic E-state index is 0.0255. The average molecular weight is 322 g/mol. The van der Waals surface area contributed by atoms with Gasteiger partial charge in [0.2, 0.25) is 5.91 Å². The molecule has 3 heterocycles. The highest BCUT2D eigenvalue weighted by Gasteiger charge is 2.20. The van der Waals surface area contributed by atoms with Crippen molar-refractivity contribution in [3.8, 4) is 6.07 Å². The number of furan rings is 1. The third-order valence-corrected chi connectivity index (χ3v) is 3.94. The van der Waals surface area contributed by atoms with Crippen molar-refractivity contribution in [2.75, 3.05) is 31.1 Å². The van der Waals surface area contributed by atoms with Crippen molar-refractivity contribution in [3.63, 3.8) is 0 Å². The van der Waals surface area contributed by atoms with E-state index in [2.05, 4.69) is 16.0 Å². The van der Waals surface area contributed by atoms with Crippen LogP contribution in [0.3, 0.4) is 0 Å². The first-order valence-electron chi connectivity index (χ1n) is 7.80. The third-order valence-electron chi connectivity index (χ3n) is 3.94. The molecule has 0 saturated carbocycles. The van der Waals surface area contributed by atoms with Crippen LogP contribution in [0, 0.1) is 18.3 Å². The van der Waals surface area contributed by atoms with Gasteiger partial charge in [0.1, 0.15) is 17.3 Å². The lowest BCUT2D eigenvalue weighted by Gasteiger charge is -2.34. The van der Waals surface area contributed by atoms with Gasteiger partial charge in [-0.25, -0.2) is 4.98 Å². The fraction of sp³-hybridized carbons (Fsp3) is 0.278. The molecule has 24 heavy (non-hydrogen) atoms. The first kappa shape index (κ1) is 15.8. The summed E-state index contributed by atoms with van der Waals surface area (Å²) in [5.74, 6) is 2.25. The van der Waals surface area contributed by atoms with E-state index in [0.29, 0.717) is 37.5 Å². The fourth-order valence-electron chi connectivity index (χ4n) is 2.62. The Balaban J connectivity index is 1.57. The van der Waals surface area contributed by atoms with Crippen LogP contribution >= 0.6 is 0 Å². The van der Waals surface area contributed by atoms with Gasteiger partial charge in [0.05, 0.1) is 11.6 Å². The molecule has 122 valence electrons. The SMILES string of the molecule is Cc1ccc(C=CC(=O)N2CCN(c3cc(C#N)ccn3)CC2)o1. The van der Waals surface area contributed by atoms with Gasteiger partial charge in [0.25, 0.3) is 0 Å². The minimum Gasteiger partial charge on any atom is -0.462 e. The molecule has 1 aliphatic rings. The average Bonchev–Trinajstić information content (AvgIpc) is 3.05. The van der Waals surface area contributed by atoms with Crippen molar-refractivity contribution < 1.29 is 9.21 Å². The van der Waals surface area contributed by atoms with Gasteiger partial charge < -0.3 is 14.2 Å². The number of nitrogens with zero attached hydrogens (tertiary/aromatic N) is 4. The number of amides is 1. The molecule has 0 aliphatic carbocycles. The fourth-order valence-corrected chi connectivity index (χ4v) is 2.62. The van der Waals surface area contributed by atoms with Crippen LogP contribution in [0.4, 0.5) is 5.82 Å². The van der Waals surface area contributed by atoms with E-state index >= 15 is 0 Å². The molecule has 0 spiro atoms. The Hall–Kier alpha value is -3.07. The van der Waals surface area contributed by atoms with Crippen molar-refractivity contribution in [2.45, 2.75) is 6.92 Å². The summed E-state index contributed by atoms with van der Waals surface area (Å²) in [7, 11) is 0. The van der Waals surface area contributed by atoms with Gasteiger partial charge in [-0.2, -0.15) is 5.26 Å². The highest BCUT2D eigenvalue weighted by molar-refractivity contribution is 5.91. The van der Waals surface area contributed by atoms with Crippen LogP contribution in [-0.2, 0) is 4.79 Å². The number of piperazine rings is 1. The summed E-state index contributed by atoms with van der Waals surface area (Å²) in [6, 6.07) is 9.28. The van der Waals surface area contributed by atoms with E-state index in [4.69, 9.17) is 9.68 Å². The van der Waals surface area contributed by atoms with Crippen LogP contribution in [0.25, 0.3) is 6.08 Å². The van der Waals surface area contributed by atoms with Crippen molar-refractivity contribution >= 4 is 17.8 Å². The number of aryl methyl sites for hydroxylation is 1. The normalized spacial score (nSPS) is 14.8. The molecule has 6 nitrogen and oxygen atoms in total. The summed E-state index contributed by atoms with van der Waals surface area (Å²) in [6.45, 7) is 4.51. The number of nitriles is 1. The van der Waals surface area contributed by atoms with Crippen LogP contribution in [0.5, 0.6) is 0 Å². The van der Waals surface area contributed by atoms with Crippen LogP contribution in [-0.4, -0.2) is 42.0 Å². The molecule has 1 aliphatic heterocycles. The predicted molar refractivity (Wildman–Crippen MR) is 90.2 cm³/mol. The number of carbonyl (C=O) groups excluding carboxylic acids is 1. The van der Waals surface area contributed by atoms with Gasteiger partial charge in [-0.05, 0) is 37.3 Å². The molecule has 1 saturated heterocycles. The zero-order chi connectivity index (χ0) is 16.9. The Morgan fingerprint density at radius 1 is 1.29 bits per heavy atom. The maximum absolute atomic E-state index is 12.2. The summed E-state index contributed by atoms with van der Waals surface area (Å²) < 4.78 is 5.42. The van der Waals surface area contributed by atoms with Gasteiger partial charge in [-0.3, -0.25) is 4.79 Å². The number of pyridine rings is 1. The molecule has 0 N–H and O–H groups in total. The lowest BCUT2D eigenvalue weighted by Crippen LogP contribution is -2.48. The summed E-state index contributed by atoms with van der Waals surface area (Å²) in [5, 5.41) is 8.97. The highest BCUT2D eigenvalue weighted by atomic mass is 16.3. The molecule has 2 aromatic heterocycles. The smallest absolute Gasteiger partial charge is 0.246 e. The summed E-state index contributed by atoms with van der Waals surface area (Å²) in [5.41, 5.74) is 0.593. The number of hydrogen-bond acceptors (Lipinski definition) is 5. The summed E-state index contributed by atoms with van der Waals surface area (Å²) >= 11 is 0. The monoisotopic (exact) mass is 322 g/mol. The lowest BCUT2D eigenvalue weighted by molar-refractivity contribution is -0.126. The molecule has 6 heteroatoms. The van der Waals surface area contributed by atoms with Crippen LogP contribution in [0.1, 0.15) is 17.1 Å². The van der Waals surface area contributed by atoms with E-state index in [1.54, 1.807) is 35.4 Å². The molecular formula is C18H18N4O2. The second-order valence-corrected chi connectivity index (χ2v) is 5.61. The van der Waals surface area contributed by atoms with E-state index in [9.17, 15) is 4.79 Å². The predicted octanol–water partition coefficient (Wildman–Crippen LogP) is 2.22. The molecule has 2 aromatic rings. The van der Waals surface area contributed by atoms with Crippen molar-refractivity contribution in [1.82, 2.24) is 9.88 Å². The second-order valence-electron chi connectivity index (χ2n) is 5.61. The molecule has 0 radical (unpaired) electrons. The number of carbonyl (C=O) groups is 1. The summed E-state index contributed by atoms with van der Waals surface area (Å²) in [4.78, 5) is 20.4. The Labute approximate surface area is 140 Å². The van der Waals surface area contributed by atoms with Gasteiger partial charge in [-0.1, -0.05) is 0 Å². The maximum atomic E-state index is 12.2. The largest absolute Gasteiger partial charge is 0.462 e. The quantitative estimate of drug-likeness (QED) is 0.810. The number of aromatic nitrogens is 1. The van der Waals surface area contributed by atoms with Crippen molar-refractivity contribution in [2.24, 2.45) is 0 Å². The molecule has 0 unspecified atom stereocenters. The Morgan fingerprint density at radius 2 is 2.08 bits per heavy atom. The molecule has 1 amide bonds. The van der Waals surface area contributed by atoms with E-state index < -0.39 is 0 Å².